The Morgan fingerprint density at radius 2 is 1.42 bits per heavy atom. The average Bonchev–Trinajstić information content (AvgIpc) is 2.89. The van der Waals surface area contributed by atoms with Gasteiger partial charge in [0.05, 0.1) is 11.5 Å². The van der Waals surface area contributed by atoms with E-state index in [1.807, 2.05) is 36.4 Å². The Morgan fingerprint density at radius 1 is 0.806 bits per heavy atom. The molecule has 0 fully saturated rings. The third kappa shape index (κ3) is 5.00. The highest BCUT2D eigenvalue weighted by Crippen LogP contribution is 2.37. The molecule has 0 radical (unpaired) electrons. The van der Waals surface area contributed by atoms with Crippen LogP contribution in [-0.2, 0) is 14.8 Å². The first-order valence-electron chi connectivity index (χ1n) is 11.4. The minimum atomic E-state index is -3.88. The first-order chi connectivity index (χ1) is 17.2. The van der Waals surface area contributed by atoms with Crippen LogP contribution in [-0.4, -0.2) is 84.0 Å². The molecule has 11 heteroatoms. The molecular weight excluding hydrogens is 488 g/mol. The van der Waals surface area contributed by atoms with Crippen LogP contribution in [0.4, 0.5) is 0 Å². The number of hydrogen-bond acceptors (Lipinski definition) is 8. The van der Waals surface area contributed by atoms with Crippen molar-refractivity contribution in [3.05, 3.63) is 54.6 Å². The zero-order valence-corrected chi connectivity index (χ0v) is 20.0. The van der Waals surface area contributed by atoms with Crippen molar-refractivity contribution in [2.75, 3.05) is 19.7 Å². The Labute approximate surface area is 207 Å². The number of aliphatic hydroxyl groups is 5. The van der Waals surface area contributed by atoms with E-state index in [2.05, 4.69) is 10.0 Å². The fourth-order valence-electron chi connectivity index (χ4n) is 4.31. The molecule has 0 aliphatic rings. The highest BCUT2D eigenvalue weighted by Gasteiger charge is 2.34. The standard InChI is InChI=1S/C25H28N2O8S/c28-13-18(29)22(30)23(31)24(32)25(33)26-11-2-12-27-36(34,35)19-10-8-16-6-5-14-3-1-4-15-7-9-17(19)21(16)20(14)15/h1,3-10,18,22-24,27-32H,2,11-13H2,(H,26,33). The quantitative estimate of drug-likeness (QED) is 0.106. The van der Waals surface area contributed by atoms with Crippen LogP contribution in [0.5, 0.6) is 0 Å². The van der Waals surface area contributed by atoms with Crippen LogP contribution < -0.4 is 10.0 Å². The number of rotatable bonds is 11. The third-order valence-electron chi connectivity index (χ3n) is 6.25. The maximum Gasteiger partial charge on any atom is 0.251 e. The van der Waals surface area contributed by atoms with Gasteiger partial charge >= 0.3 is 0 Å². The number of carbonyl (C=O) groups is 1. The second kappa shape index (κ2) is 10.6. The van der Waals surface area contributed by atoms with Crippen molar-refractivity contribution in [3.8, 4) is 0 Å². The lowest BCUT2D eigenvalue weighted by molar-refractivity contribution is -0.148. The van der Waals surface area contributed by atoms with Crippen molar-refractivity contribution in [3.63, 3.8) is 0 Å². The highest BCUT2D eigenvalue weighted by molar-refractivity contribution is 7.89. The minimum absolute atomic E-state index is 0.00487. The lowest BCUT2D eigenvalue weighted by Gasteiger charge is -2.24. The number of hydrogen-bond donors (Lipinski definition) is 7. The second-order valence-electron chi connectivity index (χ2n) is 8.64. The van der Waals surface area contributed by atoms with Crippen LogP contribution in [0.15, 0.2) is 59.5 Å². The van der Waals surface area contributed by atoms with Gasteiger partial charge in [0.2, 0.25) is 10.0 Å². The molecule has 0 saturated carbocycles. The normalized spacial score (nSPS) is 15.8. The van der Waals surface area contributed by atoms with Crippen LogP contribution in [0.2, 0.25) is 0 Å². The number of sulfonamides is 1. The Balaban J connectivity index is 1.40. The molecule has 0 aliphatic carbocycles. The average molecular weight is 517 g/mol. The fraction of sp³-hybridized carbons (Fsp3) is 0.320. The SMILES string of the molecule is O=C(NCCCNS(=O)(=O)c1ccc2ccc3cccc4ccc1c2c34)C(O)C(O)C(O)C(O)CO. The molecule has 0 spiro atoms. The number of benzene rings is 4. The first-order valence-corrected chi connectivity index (χ1v) is 12.9. The van der Waals surface area contributed by atoms with Gasteiger partial charge in [0.25, 0.3) is 5.91 Å². The monoisotopic (exact) mass is 516 g/mol. The molecule has 0 aliphatic heterocycles. The summed E-state index contributed by atoms with van der Waals surface area (Å²) < 4.78 is 28.7. The van der Waals surface area contributed by atoms with Gasteiger partial charge in [0, 0.05) is 18.5 Å². The number of carbonyl (C=O) groups excluding carboxylic acids is 1. The van der Waals surface area contributed by atoms with E-state index in [1.165, 1.54) is 0 Å². The zero-order chi connectivity index (χ0) is 26.0. The van der Waals surface area contributed by atoms with Crippen LogP contribution in [0.25, 0.3) is 32.3 Å². The van der Waals surface area contributed by atoms with Gasteiger partial charge in [-0.2, -0.15) is 0 Å². The predicted molar refractivity (Wildman–Crippen MR) is 134 cm³/mol. The van der Waals surface area contributed by atoms with Crippen molar-refractivity contribution in [2.45, 2.75) is 35.7 Å². The van der Waals surface area contributed by atoms with Crippen molar-refractivity contribution < 1.29 is 38.7 Å². The molecule has 0 saturated heterocycles. The summed E-state index contributed by atoms with van der Waals surface area (Å²) in [6, 6.07) is 16.9. The Hall–Kier alpha value is -2.90. The molecule has 7 N–H and O–H groups in total. The molecule has 4 unspecified atom stereocenters. The molecule has 4 atom stereocenters. The number of aliphatic hydroxyl groups excluding tert-OH is 5. The van der Waals surface area contributed by atoms with E-state index in [0.29, 0.717) is 5.39 Å². The second-order valence-corrected chi connectivity index (χ2v) is 10.4. The summed E-state index contributed by atoms with van der Waals surface area (Å²) in [7, 11) is -3.88. The Morgan fingerprint density at radius 3 is 2.08 bits per heavy atom. The van der Waals surface area contributed by atoms with Crippen LogP contribution in [0.1, 0.15) is 6.42 Å². The molecule has 36 heavy (non-hydrogen) atoms. The van der Waals surface area contributed by atoms with Crippen molar-refractivity contribution in [1.82, 2.24) is 10.0 Å². The van der Waals surface area contributed by atoms with E-state index in [-0.39, 0.29) is 24.4 Å². The third-order valence-corrected chi connectivity index (χ3v) is 7.77. The van der Waals surface area contributed by atoms with Crippen LogP contribution in [0, 0.1) is 0 Å². The van der Waals surface area contributed by atoms with Crippen molar-refractivity contribution >= 4 is 48.2 Å². The van der Waals surface area contributed by atoms with Gasteiger partial charge in [-0.1, -0.05) is 48.5 Å². The minimum Gasteiger partial charge on any atom is -0.394 e. The molecule has 10 nitrogen and oxygen atoms in total. The molecule has 0 aromatic heterocycles. The van der Waals surface area contributed by atoms with Gasteiger partial charge < -0.3 is 30.8 Å². The molecule has 1 amide bonds. The predicted octanol–water partition coefficient (Wildman–Crippen LogP) is -0.195. The van der Waals surface area contributed by atoms with Gasteiger partial charge in [0.1, 0.15) is 18.3 Å². The topological polar surface area (TPSA) is 176 Å². The molecule has 4 aromatic carbocycles. The van der Waals surface area contributed by atoms with E-state index in [9.17, 15) is 33.6 Å². The van der Waals surface area contributed by atoms with E-state index < -0.39 is 47.0 Å². The lowest BCUT2D eigenvalue weighted by Crippen LogP contribution is -2.51. The van der Waals surface area contributed by atoms with E-state index in [1.54, 1.807) is 18.2 Å². The summed E-state index contributed by atoms with van der Waals surface area (Å²) in [4.78, 5) is 12.1. The Bertz CT molecular complexity index is 1460. The summed E-state index contributed by atoms with van der Waals surface area (Å²) >= 11 is 0. The maximum atomic E-state index is 13.1. The zero-order valence-electron chi connectivity index (χ0n) is 19.2. The number of amides is 1. The van der Waals surface area contributed by atoms with Crippen molar-refractivity contribution in [2.24, 2.45) is 0 Å². The van der Waals surface area contributed by atoms with Gasteiger partial charge in [0.15, 0.2) is 6.10 Å². The van der Waals surface area contributed by atoms with E-state index in [4.69, 9.17) is 5.11 Å². The molecule has 0 heterocycles. The summed E-state index contributed by atoms with van der Waals surface area (Å²) in [5.74, 6) is -1.01. The van der Waals surface area contributed by atoms with Crippen LogP contribution in [0.3, 0.4) is 0 Å². The van der Waals surface area contributed by atoms with Crippen molar-refractivity contribution in [1.29, 1.82) is 0 Å². The smallest absolute Gasteiger partial charge is 0.251 e. The molecule has 4 rings (SSSR count). The number of nitrogens with one attached hydrogen (secondary N) is 2. The van der Waals surface area contributed by atoms with Gasteiger partial charge in [-0.25, -0.2) is 13.1 Å². The van der Waals surface area contributed by atoms with Gasteiger partial charge in [-0.3, -0.25) is 4.79 Å². The summed E-state index contributed by atoms with van der Waals surface area (Å²) in [6.45, 7) is -0.893. The van der Waals surface area contributed by atoms with Gasteiger partial charge in [-0.05, 0) is 39.4 Å². The fourth-order valence-corrected chi connectivity index (χ4v) is 5.58. The molecule has 0 bridgehead atoms. The molecule has 4 aromatic rings. The van der Waals surface area contributed by atoms with E-state index >= 15 is 0 Å². The molecular formula is C25H28N2O8S. The summed E-state index contributed by atoms with van der Waals surface area (Å²) in [5.41, 5.74) is 0. The van der Waals surface area contributed by atoms with Crippen LogP contribution >= 0.6 is 0 Å². The summed E-state index contributed by atoms with van der Waals surface area (Å²) in [5, 5.41) is 55.1. The lowest BCUT2D eigenvalue weighted by atomic mass is 9.94. The maximum absolute atomic E-state index is 13.1. The summed E-state index contributed by atoms with van der Waals surface area (Å²) in [6.07, 6.45) is -7.53. The first kappa shape index (κ1) is 26.2. The Kier molecular flexibility index (Phi) is 7.71. The molecule has 192 valence electrons. The highest BCUT2D eigenvalue weighted by atomic mass is 32.2. The van der Waals surface area contributed by atoms with E-state index in [0.717, 1.165) is 26.9 Å². The largest absolute Gasteiger partial charge is 0.394 e. The van der Waals surface area contributed by atoms with Gasteiger partial charge in [-0.15, -0.1) is 0 Å².